The van der Waals surface area contributed by atoms with E-state index < -0.39 is 0 Å². The molecular weight excluding hydrogens is 238 g/mol. The van der Waals surface area contributed by atoms with E-state index in [2.05, 4.69) is 15.3 Å². The van der Waals surface area contributed by atoms with E-state index in [1.165, 1.54) is 19.3 Å². The van der Waals surface area contributed by atoms with Crippen molar-refractivity contribution in [3.8, 4) is 0 Å². The van der Waals surface area contributed by atoms with E-state index in [0.29, 0.717) is 23.4 Å². The first kappa shape index (κ1) is 12.6. The first-order valence-corrected chi connectivity index (χ1v) is 6.53. The highest BCUT2D eigenvalue weighted by molar-refractivity contribution is 6.30. The fourth-order valence-corrected chi connectivity index (χ4v) is 2.38. The van der Waals surface area contributed by atoms with E-state index in [1.54, 1.807) is 12.4 Å². The molecule has 1 aliphatic rings. The average molecular weight is 256 g/mol. The Balaban J connectivity index is 1.78. The molecule has 0 aliphatic heterocycles. The van der Waals surface area contributed by atoms with Gasteiger partial charge in [-0.2, -0.15) is 0 Å². The minimum Gasteiger partial charge on any atom is -0.391 e. The lowest BCUT2D eigenvalue weighted by molar-refractivity contribution is 0.0955. The number of halogens is 1. The maximum atomic E-state index is 10.0. The van der Waals surface area contributed by atoms with Gasteiger partial charge in [0.25, 0.3) is 0 Å². The molecule has 0 amide bonds. The largest absolute Gasteiger partial charge is 0.391 e. The topological polar surface area (TPSA) is 58.0 Å². The summed E-state index contributed by atoms with van der Waals surface area (Å²) >= 11 is 5.69. The smallest absolute Gasteiger partial charge is 0.222 e. The minimum absolute atomic E-state index is 0.311. The zero-order valence-electron chi connectivity index (χ0n) is 9.77. The SMILES string of the molecule is OC(CNc1ncc(Cl)cn1)C1CCCCC1. The summed E-state index contributed by atoms with van der Waals surface area (Å²) in [6.45, 7) is 0.506. The minimum atomic E-state index is -0.311. The van der Waals surface area contributed by atoms with Crippen molar-refractivity contribution in [1.29, 1.82) is 0 Å². The van der Waals surface area contributed by atoms with Gasteiger partial charge >= 0.3 is 0 Å². The Bertz CT molecular complexity index is 338. The van der Waals surface area contributed by atoms with Crippen LogP contribution in [-0.2, 0) is 0 Å². The van der Waals surface area contributed by atoms with E-state index in [0.717, 1.165) is 12.8 Å². The Morgan fingerprint density at radius 1 is 1.29 bits per heavy atom. The Morgan fingerprint density at radius 2 is 1.94 bits per heavy atom. The van der Waals surface area contributed by atoms with Crippen LogP contribution in [0.3, 0.4) is 0 Å². The van der Waals surface area contributed by atoms with Gasteiger partial charge in [0, 0.05) is 6.54 Å². The molecule has 0 saturated heterocycles. The van der Waals surface area contributed by atoms with E-state index in [1.807, 2.05) is 0 Å². The van der Waals surface area contributed by atoms with Gasteiger partial charge in [-0.1, -0.05) is 30.9 Å². The maximum absolute atomic E-state index is 10.0. The van der Waals surface area contributed by atoms with Crippen LogP contribution in [0.2, 0.25) is 5.02 Å². The van der Waals surface area contributed by atoms with Crippen LogP contribution in [-0.4, -0.2) is 27.7 Å². The second-order valence-corrected chi connectivity index (χ2v) is 5.01. The number of aromatic nitrogens is 2. The van der Waals surface area contributed by atoms with E-state index in [4.69, 9.17) is 11.6 Å². The maximum Gasteiger partial charge on any atom is 0.222 e. The van der Waals surface area contributed by atoms with Gasteiger partial charge in [-0.25, -0.2) is 9.97 Å². The zero-order chi connectivity index (χ0) is 12.1. The van der Waals surface area contributed by atoms with E-state index >= 15 is 0 Å². The number of hydrogen-bond acceptors (Lipinski definition) is 4. The van der Waals surface area contributed by atoms with Crippen molar-refractivity contribution in [2.24, 2.45) is 5.92 Å². The van der Waals surface area contributed by atoms with E-state index in [9.17, 15) is 5.11 Å². The first-order chi connectivity index (χ1) is 8.25. The molecule has 1 saturated carbocycles. The fourth-order valence-electron chi connectivity index (χ4n) is 2.29. The van der Waals surface area contributed by atoms with Crippen LogP contribution in [0.25, 0.3) is 0 Å². The summed E-state index contributed by atoms with van der Waals surface area (Å²) in [5.41, 5.74) is 0. The lowest BCUT2D eigenvalue weighted by Gasteiger charge is -2.26. The predicted molar refractivity (Wildman–Crippen MR) is 68.1 cm³/mol. The van der Waals surface area contributed by atoms with Crippen LogP contribution in [0, 0.1) is 5.92 Å². The van der Waals surface area contributed by atoms with Gasteiger partial charge in [-0.15, -0.1) is 0 Å². The predicted octanol–water partition coefficient (Wildman–Crippen LogP) is 2.48. The second-order valence-electron chi connectivity index (χ2n) is 4.57. The molecule has 0 radical (unpaired) electrons. The van der Waals surface area contributed by atoms with Crippen LogP contribution < -0.4 is 5.32 Å². The highest BCUT2D eigenvalue weighted by atomic mass is 35.5. The molecule has 5 heteroatoms. The summed E-state index contributed by atoms with van der Waals surface area (Å²) in [6, 6.07) is 0. The Kier molecular flexibility index (Phi) is 4.57. The highest BCUT2D eigenvalue weighted by Crippen LogP contribution is 2.26. The van der Waals surface area contributed by atoms with Crippen LogP contribution in [0.15, 0.2) is 12.4 Å². The van der Waals surface area contributed by atoms with Gasteiger partial charge in [0.15, 0.2) is 0 Å². The summed E-state index contributed by atoms with van der Waals surface area (Å²) in [7, 11) is 0. The molecule has 2 N–H and O–H groups in total. The molecule has 1 fully saturated rings. The molecule has 0 bridgehead atoms. The molecular formula is C12H18ClN3O. The van der Waals surface area contributed by atoms with Crippen LogP contribution >= 0.6 is 11.6 Å². The molecule has 1 unspecified atom stereocenters. The summed E-state index contributed by atoms with van der Waals surface area (Å²) in [5.74, 6) is 0.938. The third-order valence-corrected chi connectivity index (χ3v) is 3.48. The van der Waals surface area contributed by atoms with Gasteiger partial charge in [-0.05, 0) is 18.8 Å². The fraction of sp³-hybridized carbons (Fsp3) is 0.667. The van der Waals surface area contributed by atoms with Crippen molar-refractivity contribution in [3.63, 3.8) is 0 Å². The molecule has 0 spiro atoms. The third-order valence-electron chi connectivity index (χ3n) is 3.28. The monoisotopic (exact) mass is 255 g/mol. The Labute approximate surface area is 106 Å². The molecule has 4 nitrogen and oxygen atoms in total. The second kappa shape index (κ2) is 6.17. The zero-order valence-corrected chi connectivity index (χ0v) is 10.5. The molecule has 2 rings (SSSR count). The third kappa shape index (κ3) is 3.82. The van der Waals surface area contributed by atoms with Gasteiger partial charge in [-0.3, -0.25) is 0 Å². The van der Waals surface area contributed by atoms with Crippen molar-refractivity contribution >= 4 is 17.5 Å². The van der Waals surface area contributed by atoms with Crippen molar-refractivity contribution in [2.75, 3.05) is 11.9 Å². The summed E-state index contributed by atoms with van der Waals surface area (Å²) in [5, 5.41) is 13.6. The Hall–Kier alpha value is -0.870. The summed E-state index contributed by atoms with van der Waals surface area (Å²) in [4.78, 5) is 8.06. The number of nitrogens with zero attached hydrogens (tertiary/aromatic N) is 2. The van der Waals surface area contributed by atoms with Gasteiger partial charge < -0.3 is 10.4 Å². The van der Waals surface area contributed by atoms with Crippen molar-refractivity contribution < 1.29 is 5.11 Å². The quantitative estimate of drug-likeness (QED) is 0.868. The highest BCUT2D eigenvalue weighted by Gasteiger charge is 2.21. The molecule has 1 aromatic heterocycles. The molecule has 1 aromatic rings. The normalized spacial score (nSPS) is 18.9. The number of rotatable bonds is 4. The Morgan fingerprint density at radius 3 is 2.59 bits per heavy atom. The van der Waals surface area contributed by atoms with Crippen LogP contribution in [0.1, 0.15) is 32.1 Å². The van der Waals surface area contributed by atoms with Crippen molar-refractivity contribution in [1.82, 2.24) is 9.97 Å². The van der Waals surface area contributed by atoms with Gasteiger partial charge in [0.05, 0.1) is 23.5 Å². The van der Waals surface area contributed by atoms with Crippen molar-refractivity contribution in [3.05, 3.63) is 17.4 Å². The number of aliphatic hydroxyl groups is 1. The van der Waals surface area contributed by atoms with Gasteiger partial charge in [0.2, 0.25) is 5.95 Å². The molecule has 1 heterocycles. The lowest BCUT2D eigenvalue weighted by atomic mass is 9.85. The first-order valence-electron chi connectivity index (χ1n) is 6.15. The molecule has 94 valence electrons. The number of hydrogen-bond donors (Lipinski definition) is 2. The molecule has 1 aliphatic carbocycles. The lowest BCUT2D eigenvalue weighted by Crippen LogP contribution is -2.30. The van der Waals surface area contributed by atoms with Gasteiger partial charge in [0.1, 0.15) is 0 Å². The van der Waals surface area contributed by atoms with Crippen molar-refractivity contribution in [2.45, 2.75) is 38.2 Å². The summed E-state index contributed by atoms with van der Waals surface area (Å²) < 4.78 is 0. The number of anilines is 1. The average Bonchev–Trinajstić information content (AvgIpc) is 2.39. The number of nitrogens with one attached hydrogen (secondary N) is 1. The molecule has 0 aromatic carbocycles. The summed E-state index contributed by atoms with van der Waals surface area (Å²) in [6.07, 6.45) is 8.81. The van der Waals surface area contributed by atoms with Crippen LogP contribution in [0.4, 0.5) is 5.95 Å². The molecule has 17 heavy (non-hydrogen) atoms. The van der Waals surface area contributed by atoms with E-state index in [-0.39, 0.29) is 6.10 Å². The molecule has 1 atom stereocenters. The number of aliphatic hydroxyl groups excluding tert-OH is 1. The van der Waals surface area contributed by atoms with Crippen LogP contribution in [0.5, 0.6) is 0 Å². The standard InChI is InChI=1S/C12H18ClN3O/c13-10-6-14-12(15-7-10)16-8-11(17)9-4-2-1-3-5-9/h6-7,9,11,17H,1-5,8H2,(H,14,15,16).